The number of carbonyl (C=O) groups is 1. The minimum atomic E-state index is -0.914. The predicted octanol–water partition coefficient (Wildman–Crippen LogP) is 1.45. The first-order valence-corrected chi connectivity index (χ1v) is 5.80. The number of hydrogen-bond donors (Lipinski definition) is 2. The number of nitrogens with one attached hydrogen (secondary N) is 1. The first kappa shape index (κ1) is 14.9. The molecule has 2 N–H and O–H groups in total. The molecule has 0 aromatic heterocycles. The number of amides is 1. The lowest BCUT2D eigenvalue weighted by molar-refractivity contribution is -0.127. The van der Waals surface area contributed by atoms with E-state index in [9.17, 15) is 4.79 Å². The third kappa shape index (κ3) is 4.63. The fourth-order valence-electron chi connectivity index (χ4n) is 1.23. The van der Waals surface area contributed by atoms with Gasteiger partial charge in [0.25, 0.3) is 0 Å². The van der Waals surface area contributed by atoms with Crippen LogP contribution in [0.3, 0.4) is 0 Å². The molecule has 92 valence electrons. The maximum absolute atomic E-state index is 11.7. The van der Waals surface area contributed by atoms with Crippen molar-refractivity contribution >= 4 is 5.91 Å². The van der Waals surface area contributed by atoms with E-state index in [-0.39, 0.29) is 18.4 Å². The minimum absolute atomic E-state index is 0.179. The van der Waals surface area contributed by atoms with Crippen LogP contribution in [-0.4, -0.2) is 24.2 Å². The number of hydrogen-bond acceptors (Lipinski definition) is 3. The van der Waals surface area contributed by atoms with Gasteiger partial charge in [-0.1, -0.05) is 13.8 Å². The van der Waals surface area contributed by atoms with Crippen LogP contribution in [-0.2, 0) is 4.79 Å². The summed E-state index contributed by atoms with van der Waals surface area (Å²) >= 11 is 0. The normalized spacial score (nSPS) is 15.9. The molecule has 1 amide bonds. The molecule has 4 heteroatoms. The van der Waals surface area contributed by atoms with Crippen molar-refractivity contribution < 1.29 is 9.90 Å². The highest BCUT2D eigenvalue weighted by atomic mass is 16.3. The van der Waals surface area contributed by atoms with Gasteiger partial charge in [0.05, 0.1) is 6.07 Å². The summed E-state index contributed by atoms with van der Waals surface area (Å²) in [6, 6.07) is 2.04. The highest BCUT2D eigenvalue weighted by Crippen LogP contribution is 2.19. The molecule has 0 aliphatic heterocycles. The molecule has 0 saturated heterocycles. The summed E-state index contributed by atoms with van der Waals surface area (Å²) < 4.78 is 0. The maximum Gasteiger partial charge on any atom is 0.240 e. The standard InChI is InChI=1S/C12H22N2O2/c1-4-12(3,9-13)11(16)14-7-5-6-10(2)8-15/h10,15H,4-8H2,1-3H3,(H,14,16). The van der Waals surface area contributed by atoms with Crippen molar-refractivity contribution in [1.82, 2.24) is 5.32 Å². The lowest BCUT2D eigenvalue weighted by Gasteiger charge is -2.18. The SMILES string of the molecule is CCC(C)(C#N)C(=O)NCCCC(C)CO. The van der Waals surface area contributed by atoms with Gasteiger partial charge in [0.2, 0.25) is 5.91 Å². The van der Waals surface area contributed by atoms with Crippen LogP contribution in [0.1, 0.15) is 40.0 Å². The minimum Gasteiger partial charge on any atom is -0.396 e. The van der Waals surface area contributed by atoms with Gasteiger partial charge < -0.3 is 10.4 Å². The molecule has 0 aromatic carbocycles. The van der Waals surface area contributed by atoms with E-state index in [0.717, 1.165) is 12.8 Å². The van der Waals surface area contributed by atoms with Crippen molar-refractivity contribution in [1.29, 1.82) is 5.26 Å². The third-order valence-corrected chi connectivity index (χ3v) is 2.93. The van der Waals surface area contributed by atoms with Crippen LogP contribution in [0.5, 0.6) is 0 Å². The Hall–Kier alpha value is -1.08. The Labute approximate surface area is 97.7 Å². The van der Waals surface area contributed by atoms with Gasteiger partial charge in [0.1, 0.15) is 5.41 Å². The van der Waals surface area contributed by atoms with Crippen molar-refractivity contribution in [2.24, 2.45) is 11.3 Å². The molecule has 0 rings (SSSR count). The Morgan fingerprint density at radius 1 is 1.62 bits per heavy atom. The molecule has 0 heterocycles. The lowest BCUT2D eigenvalue weighted by Crippen LogP contribution is -2.38. The average molecular weight is 226 g/mol. The Morgan fingerprint density at radius 2 is 2.25 bits per heavy atom. The molecule has 0 spiro atoms. The smallest absolute Gasteiger partial charge is 0.240 e. The Morgan fingerprint density at radius 3 is 2.69 bits per heavy atom. The highest BCUT2D eigenvalue weighted by Gasteiger charge is 2.30. The Balaban J connectivity index is 3.87. The second kappa shape index (κ2) is 7.24. The van der Waals surface area contributed by atoms with Crippen LogP contribution in [0.2, 0.25) is 0 Å². The van der Waals surface area contributed by atoms with Gasteiger partial charge >= 0.3 is 0 Å². The topological polar surface area (TPSA) is 73.1 Å². The largest absolute Gasteiger partial charge is 0.396 e. The molecular formula is C12H22N2O2. The first-order chi connectivity index (χ1) is 7.50. The summed E-state index contributed by atoms with van der Waals surface area (Å²) in [5.41, 5.74) is -0.914. The zero-order chi connectivity index (χ0) is 12.6. The second-order valence-corrected chi connectivity index (χ2v) is 4.48. The zero-order valence-corrected chi connectivity index (χ0v) is 10.4. The molecule has 0 bridgehead atoms. The second-order valence-electron chi connectivity index (χ2n) is 4.48. The number of carbonyl (C=O) groups excluding carboxylic acids is 1. The zero-order valence-electron chi connectivity index (χ0n) is 10.4. The lowest BCUT2D eigenvalue weighted by atomic mass is 9.88. The van der Waals surface area contributed by atoms with E-state index < -0.39 is 5.41 Å². The fourth-order valence-corrected chi connectivity index (χ4v) is 1.23. The van der Waals surface area contributed by atoms with Crippen LogP contribution in [0.4, 0.5) is 0 Å². The van der Waals surface area contributed by atoms with Gasteiger partial charge in [-0.25, -0.2) is 0 Å². The molecule has 0 aromatic rings. The van der Waals surface area contributed by atoms with Gasteiger partial charge in [0, 0.05) is 13.2 Å². The Kier molecular flexibility index (Phi) is 6.75. The third-order valence-electron chi connectivity index (χ3n) is 2.93. The van der Waals surface area contributed by atoms with E-state index in [1.807, 2.05) is 19.9 Å². The van der Waals surface area contributed by atoms with E-state index in [4.69, 9.17) is 10.4 Å². The van der Waals surface area contributed by atoms with Crippen molar-refractivity contribution in [3.8, 4) is 6.07 Å². The van der Waals surface area contributed by atoms with Crippen molar-refractivity contribution in [2.45, 2.75) is 40.0 Å². The van der Waals surface area contributed by atoms with E-state index in [1.54, 1.807) is 6.92 Å². The molecule has 0 saturated carbocycles. The summed E-state index contributed by atoms with van der Waals surface area (Å²) in [6.45, 7) is 6.20. The van der Waals surface area contributed by atoms with Gasteiger partial charge in [-0.05, 0) is 32.1 Å². The Bertz CT molecular complexity index is 260. The summed E-state index contributed by atoms with van der Waals surface area (Å²) in [6.07, 6.45) is 2.23. The number of aliphatic hydroxyl groups excluding tert-OH is 1. The van der Waals surface area contributed by atoms with Crippen LogP contribution < -0.4 is 5.32 Å². The van der Waals surface area contributed by atoms with E-state index >= 15 is 0 Å². The molecule has 0 fully saturated rings. The predicted molar refractivity (Wildman–Crippen MR) is 62.5 cm³/mol. The molecule has 2 unspecified atom stereocenters. The molecule has 4 nitrogen and oxygen atoms in total. The van der Waals surface area contributed by atoms with E-state index in [2.05, 4.69) is 5.32 Å². The van der Waals surface area contributed by atoms with Gasteiger partial charge in [0.15, 0.2) is 0 Å². The summed E-state index contributed by atoms with van der Waals surface area (Å²) in [7, 11) is 0. The van der Waals surface area contributed by atoms with Crippen molar-refractivity contribution in [3.63, 3.8) is 0 Å². The average Bonchev–Trinajstić information content (AvgIpc) is 2.32. The molecule has 0 aliphatic rings. The first-order valence-electron chi connectivity index (χ1n) is 5.80. The molecule has 2 atom stereocenters. The van der Waals surface area contributed by atoms with Crippen LogP contribution in [0.25, 0.3) is 0 Å². The van der Waals surface area contributed by atoms with Crippen LogP contribution >= 0.6 is 0 Å². The quantitative estimate of drug-likeness (QED) is 0.645. The maximum atomic E-state index is 11.7. The highest BCUT2D eigenvalue weighted by molar-refractivity contribution is 5.84. The number of nitrogens with zero attached hydrogens (tertiary/aromatic N) is 1. The number of aliphatic hydroxyl groups is 1. The van der Waals surface area contributed by atoms with Gasteiger partial charge in [-0.15, -0.1) is 0 Å². The van der Waals surface area contributed by atoms with Crippen molar-refractivity contribution in [3.05, 3.63) is 0 Å². The number of rotatable bonds is 7. The van der Waals surface area contributed by atoms with Crippen LogP contribution in [0, 0.1) is 22.7 Å². The summed E-state index contributed by atoms with van der Waals surface area (Å²) in [5, 5.41) is 20.5. The van der Waals surface area contributed by atoms with Crippen molar-refractivity contribution in [2.75, 3.05) is 13.2 Å². The van der Waals surface area contributed by atoms with Gasteiger partial charge in [-0.2, -0.15) is 5.26 Å². The molecular weight excluding hydrogens is 204 g/mol. The molecule has 0 radical (unpaired) electrons. The van der Waals surface area contributed by atoms with Crippen LogP contribution in [0.15, 0.2) is 0 Å². The fraction of sp³-hybridized carbons (Fsp3) is 0.833. The molecule has 16 heavy (non-hydrogen) atoms. The van der Waals surface area contributed by atoms with E-state index in [1.165, 1.54) is 0 Å². The monoisotopic (exact) mass is 226 g/mol. The van der Waals surface area contributed by atoms with Gasteiger partial charge in [-0.3, -0.25) is 4.79 Å². The summed E-state index contributed by atoms with van der Waals surface area (Å²) in [4.78, 5) is 11.7. The molecule has 0 aliphatic carbocycles. The summed E-state index contributed by atoms with van der Waals surface area (Å²) in [5.74, 6) is 0.0691. The van der Waals surface area contributed by atoms with E-state index in [0.29, 0.717) is 13.0 Å². The number of nitriles is 1.